The summed E-state index contributed by atoms with van der Waals surface area (Å²) in [6, 6.07) is 0. The van der Waals surface area contributed by atoms with Crippen molar-refractivity contribution in [2.24, 2.45) is 0 Å². The zero-order valence-electron chi connectivity index (χ0n) is 18.1. The Morgan fingerprint density at radius 3 is 2.43 bits per heavy atom. The summed E-state index contributed by atoms with van der Waals surface area (Å²) < 4.78 is 25.2. The van der Waals surface area contributed by atoms with Crippen molar-refractivity contribution in [2.75, 3.05) is 13.2 Å². The second kappa shape index (κ2) is 8.79. The van der Waals surface area contributed by atoms with E-state index in [1.54, 1.807) is 6.08 Å². The minimum absolute atomic E-state index is 0.0873. The number of rotatable bonds is 5. The zero-order chi connectivity index (χ0) is 21.2. The van der Waals surface area contributed by atoms with E-state index in [1.165, 1.54) is 0 Å². The van der Waals surface area contributed by atoms with Crippen LogP contribution in [0.2, 0.25) is 10.1 Å². The van der Waals surface area contributed by atoms with Crippen LogP contribution in [0.4, 0.5) is 0 Å². The van der Waals surface area contributed by atoms with Crippen LogP contribution in [0, 0.1) is 0 Å². The van der Waals surface area contributed by atoms with Crippen LogP contribution in [0.15, 0.2) is 24.8 Å². The molecule has 6 nitrogen and oxygen atoms in total. The second-order valence-electron chi connectivity index (χ2n) is 9.65. The highest BCUT2D eigenvalue weighted by Crippen LogP contribution is 2.54. The molecule has 0 radical (unpaired) electrons. The third-order valence-electron chi connectivity index (χ3n) is 5.37. The van der Waals surface area contributed by atoms with Gasteiger partial charge in [0, 0.05) is 10.1 Å². The molecule has 160 valence electrons. The van der Waals surface area contributed by atoms with E-state index in [-0.39, 0.29) is 35.0 Å². The summed E-state index contributed by atoms with van der Waals surface area (Å²) in [5.74, 6) is -0.999. The molecule has 0 bridgehead atoms. The SMILES string of the molecule is C=CC[C@H]1O[C@H]2CO[Si](C(C)(C)C)(C(C)(C)C)O[C@@H]2C/C=C\[C@@H]1OCC(=O)O. The molecule has 2 aliphatic heterocycles. The van der Waals surface area contributed by atoms with Gasteiger partial charge in [-0.05, 0) is 12.8 Å². The molecule has 4 atom stereocenters. The van der Waals surface area contributed by atoms with Crippen molar-refractivity contribution in [3.8, 4) is 0 Å². The molecule has 0 aliphatic carbocycles. The van der Waals surface area contributed by atoms with Crippen molar-refractivity contribution in [1.29, 1.82) is 0 Å². The van der Waals surface area contributed by atoms with Gasteiger partial charge < -0.3 is 23.4 Å². The molecule has 0 unspecified atom stereocenters. The molecule has 2 rings (SSSR count). The zero-order valence-corrected chi connectivity index (χ0v) is 19.1. The van der Waals surface area contributed by atoms with Crippen molar-refractivity contribution >= 4 is 14.5 Å². The predicted octanol–water partition coefficient (Wildman–Crippen LogP) is 4.20. The van der Waals surface area contributed by atoms with Gasteiger partial charge in [-0.2, -0.15) is 0 Å². The number of fused-ring (bicyclic) bond motifs is 1. The largest absolute Gasteiger partial charge is 0.480 e. The summed E-state index contributed by atoms with van der Waals surface area (Å²) in [6.07, 6.45) is 5.83. The van der Waals surface area contributed by atoms with E-state index in [4.69, 9.17) is 23.4 Å². The van der Waals surface area contributed by atoms with Gasteiger partial charge in [-0.25, -0.2) is 4.79 Å². The van der Waals surface area contributed by atoms with Crippen LogP contribution in [-0.4, -0.2) is 57.3 Å². The van der Waals surface area contributed by atoms with Crippen molar-refractivity contribution in [1.82, 2.24) is 0 Å². The molecule has 1 saturated heterocycles. The minimum atomic E-state index is -2.56. The molecule has 0 aromatic carbocycles. The third kappa shape index (κ3) is 4.94. The lowest BCUT2D eigenvalue weighted by Gasteiger charge is -2.55. The van der Waals surface area contributed by atoms with Crippen LogP contribution < -0.4 is 0 Å². The molecule has 0 aromatic rings. The normalized spacial score (nSPS) is 31.9. The second-order valence-corrected chi connectivity index (χ2v) is 14.4. The number of carbonyl (C=O) groups is 1. The first-order valence-electron chi connectivity index (χ1n) is 9.99. The van der Waals surface area contributed by atoms with E-state index in [0.717, 1.165) is 0 Å². The first-order valence-corrected chi connectivity index (χ1v) is 11.8. The van der Waals surface area contributed by atoms with Crippen molar-refractivity contribution in [3.05, 3.63) is 24.8 Å². The van der Waals surface area contributed by atoms with Crippen LogP contribution >= 0.6 is 0 Å². The highest BCUT2D eigenvalue weighted by molar-refractivity contribution is 6.73. The monoisotopic (exact) mass is 412 g/mol. The Morgan fingerprint density at radius 1 is 1.25 bits per heavy atom. The van der Waals surface area contributed by atoms with Gasteiger partial charge in [0.1, 0.15) is 18.8 Å². The van der Waals surface area contributed by atoms with E-state index in [9.17, 15) is 4.79 Å². The Labute approximate surface area is 170 Å². The highest BCUT2D eigenvalue weighted by Gasteiger charge is 2.62. The number of carboxylic acids is 1. The number of carboxylic acid groups (broad SMARTS) is 1. The lowest BCUT2D eigenvalue weighted by Crippen LogP contribution is -2.65. The maximum absolute atomic E-state index is 10.9. The summed E-state index contributed by atoms with van der Waals surface area (Å²) in [7, 11) is -2.56. The van der Waals surface area contributed by atoms with E-state index >= 15 is 0 Å². The first kappa shape index (κ1) is 23.3. The number of aliphatic carboxylic acids is 1. The summed E-state index contributed by atoms with van der Waals surface area (Å²) in [5, 5.41) is 8.76. The fourth-order valence-electron chi connectivity index (χ4n) is 4.33. The molecular formula is C21H36O6Si. The van der Waals surface area contributed by atoms with Crippen LogP contribution in [0.5, 0.6) is 0 Å². The summed E-state index contributed by atoms with van der Waals surface area (Å²) in [6.45, 7) is 17.1. The van der Waals surface area contributed by atoms with Crippen LogP contribution in [0.1, 0.15) is 54.4 Å². The fraction of sp³-hybridized carbons (Fsp3) is 0.762. The highest BCUT2D eigenvalue weighted by atomic mass is 28.4. The van der Waals surface area contributed by atoms with Gasteiger partial charge >= 0.3 is 14.5 Å². The lowest BCUT2D eigenvalue weighted by molar-refractivity contribution is -0.164. The van der Waals surface area contributed by atoms with Gasteiger partial charge in [-0.1, -0.05) is 59.8 Å². The Morgan fingerprint density at radius 2 is 1.89 bits per heavy atom. The Kier molecular flexibility index (Phi) is 7.31. The molecule has 1 N–H and O–H groups in total. The summed E-state index contributed by atoms with van der Waals surface area (Å²) >= 11 is 0. The molecule has 0 spiro atoms. The molecule has 0 saturated carbocycles. The smallest absolute Gasteiger partial charge is 0.349 e. The van der Waals surface area contributed by atoms with Gasteiger partial charge in [0.25, 0.3) is 0 Å². The number of ether oxygens (including phenoxy) is 2. The number of hydrogen-bond donors (Lipinski definition) is 1. The van der Waals surface area contributed by atoms with E-state index < -0.39 is 20.6 Å². The summed E-state index contributed by atoms with van der Waals surface area (Å²) in [5.41, 5.74) is 0. The molecule has 2 heterocycles. The fourth-order valence-corrected chi connectivity index (χ4v) is 9.29. The van der Waals surface area contributed by atoms with Crippen molar-refractivity contribution < 1.29 is 28.2 Å². The summed E-state index contributed by atoms with van der Waals surface area (Å²) in [4.78, 5) is 10.9. The Hall–Kier alpha value is -0.993. The van der Waals surface area contributed by atoms with Crippen LogP contribution in [-0.2, 0) is 23.1 Å². The van der Waals surface area contributed by atoms with E-state index in [1.807, 2.05) is 12.2 Å². The van der Waals surface area contributed by atoms with Crippen LogP contribution in [0.25, 0.3) is 0 Å². The minimum Gasteiger partial charge on any atom is -0.480 e. The molecule has 1 fully saturated rings. The van der Waals surface area contributed by atoms with Crippen molar-refractivity contribution in [3.63, 3.8) is 0 Å². The maximum atomic E-state index is 10.9. The van der Waals surface area contributed by atoms with Crippen molar-refractivity contribution in [2.45, 2.75) is 88.9 Å². The Balaban J connectivity index is 2.26. The standard InChI is InChI=1S/C21H36O6Si/c1-8-10-16-15(24-14-19(22)23)11-9-12-17-18(26-16)13-25-28(27-17,20(2,3)4)21(5,6)7/h8-9,11,15-18H,1,10,12-14H2,2-7H3,(H,22,23)/b11-9-/t15-,16+,17+,18-/m0/s1. The van der Waals surface area contributed by atoms with E-state index in [0.29, 0.717) is 19.4 Å². The average molecular weight is 413 g/mol. The van der Waals surface area contributed by atoms with Crippen LogP contribution in [0.3, 0.4) is 0 Å². The molecule has 28 heavy (non-hydrogen) atoms. The molecule has 7 heteroatoms. The predicted molar refractivity (Wildman–Crippen MR) is 111 cm³/mol. The van der Waals surface area contributed by atoms with Gasteiger partial charge in [0.2, 0.25) is 0 Å². The molecular weight excluding hydrogens is 376 g/mol. The van der Waals surface area contributed by atoms with Gasteiger partial charge in [-0.3, -0.25) is 0 Å². The average Bonchev–Trinajstić information content (AvgIpc) is 2.54. The molecule has 0 aromatic heterocycles. The van der Waals surface area contributed by atoms with Gasteiger partial charge in [-0.15, -0.1) is 6.58 Å². The first-order chi connectivity index (χ1) is 12.9. The van der Waals surface area contributed by atoms with Gasteiger partial charge in [0.15, 0.2) is 0 Å². The molecule has 2 aliphatic rings. The molecule has 0 amide bonds. The van der Waals surface area contributed by atoms with E-state index in [2.05, 4.69) is 48.1 Å². The quantitative estimate of drug-likeness (QED) is 0.539. The van der Waals surface area contributed by atoms with Gasteiger partial charge in [0.05, 0.1) is 18.8 Å². The topological polar surface area (TPSA) is 74.2 Å². The third-order valence-corrected chi connectivity index (χ3v) is 10.5. The Bertz CT molecular complexity index is 575. The number of hydrogen-bond acceptors (Lipinski definition) is 5. The maximum Gasteiger partial charge on any atom is 0.349 e. The lowest BCUT2D eigenvalue weighted by atomic mass is 10.0.